The maximum atomic E-state index is 14.0. The van der Waals surface area contributed by atoms with Crippen LogP contribution >= 0.6 is 50.7 Å². The van der Waals surface area contributed by atoms with Gasteiger partial charge in [0, 0.05) is 15.1 Å². The molecule has 0 bridgehead atoms. The molecule has 0 saturated carbocycles. The number of hydrogen-bond donors (Lipinski definition) is 0. The van der Waals surface area contributed by atoms with E-state index in [2.05, 4.69) is 15.9 Å². The van der Waals surface area contributed by atoms with E-state index in [1.165, 1.54) is 30.3 Å². The van der Waals surface area contributed by atoms with Crippen molar-refractivity contribution in [2.75, 3.05) is 0 Å². The first-order chi connectivity index (χ1) is 8.91. The highest BCUT2D eigenvalue weighted by Crippen LogP contribution is 2.30. The van der Waals surface area contributed by atoms with Crippen LogP contribution < -0.4 is 0 Å². The molecule has 0 heterocycles. The summed E-state index contributed by atoms with van der Waals surface area (Å²) in [6.07, 6.45) is 0. The largest absolute Gasteiger partial charge is 0.288 e. The van der Waals surface area contributed by atoms with Gasteiger partial charge in [-0.15, -0.1) is 0 Å². The fraction of sp³-hybridized carbons (Fsp3) is 0. The van der Waals surface area contributed by atoms with Crippen LogP contribution in [0.25, 0.3) is 0 Å². The van der Waals surface area contributed by atoms with Crippen molar-refractivity contribution in [2.45, 2.75) is 0 Å². The number of carbonyl (C=O) groups excluding carboxylic acids is 1. The van der Waals surface area contributed by atoms with Gasteiger partial charge in [0.05, 0.1) is 15.6 Å². The average Bonchev–Trinajstić information content (AvgIpc) is 2.35. The Morgan fingerprint density at radius 3 is 2.32 bits per heavy atom. The molecule has 0 saturated heterocycles. The fourth-order valence-electron chi connectivity index (χ4n) is 1.52. The summed E-state index contributed by atoms with van der Waals surface area (Å²) in [5.41, 5.74) is 0.0285. The van der Waals surface area contributed by atoms with Crippen molar-refractivity contribution in [3.05, 3.63) is 66.8 Å². The van der Waals surface area contributed by atoms with Crippen LogP contribution in [0.5, 0.6) is 0 Å². The standard InChI is InChI=1S/C13H5BrCl3FO/c14-9-4-3-8(12(18)11(9)17)13(19)7-2-1-6(15)5-10(7)16/h1-5H. The van der Waals surface area contributed by atoms with Gasteiger partial charge in [0.25, 0.3) is 0 Å². The van der Waals surface area contributed by atoms with E-state index < -0.39 is 11.6 Å². The average molecular weight is 382 g/mol. The van der Waals surface area contributed by atoms with Crippen LogP contribution in [0.4, 0.5) is 4.39 Å². The zero-order chi connectivity index (χ0) is 14.2. The molecule has 2 aromatic rings. The summed E-state index contributed by atoms with van der Waals surface area (Å²) in [6, 6.07) is 7.23. The molecule has 0 fully saturated rings. The van der Waals surface area contributed by atoms with Crippen LogP contribution in [0.3, 0.4) is 0 Å². The molecule has 0 radical (unpaired) electrons. The van der Waals surface area contributed by atoms with Crippen molar-refractivity contribution in [2.24, 2.45) is 0 Å². The molecule has 98 valence electrons. The van der Waals surface area contributed by atoms with Gasteiger partial charge in [-0.3, -0.25) is 4.79 Å². The predicted molar refractivity (Wildman–Crippen MR) is 79.0 cm³/mol. The monoisotopic (exact) mass is 380 g/mol. The van der Waals surface area contributed by atoms with Gasteiger partial charge in [0.15, 0.2) is 11.6 Å². The Morgan fingerprint density at radius 1 is 1.05 bits per heavy atom. The number of hydrogen-bond acceptors (Lipinski definition) is 1. The van der Waals surface area contributed by atoms with E-state index in [1.54, 1.807) is 0 Å². The predicted octanol–water partition coefficient (Wildman–Crippen LogP) is 5.78. The maximum absolute atomic E-state index is 14.0. The molecule has 0 aliphatic heterocycles. The molecular formula is C13H5BrCl3FO. The summed E-state index contributed by atoms with van der Waals surface area (Å²) in [4.78, 5) is 12.2. The zero-order valence-corrected chi connectivity index (χ0v) is 13.0. The van der Waals surface area contributed by atoms with Crippen LogP contribution in [-0.2, 0) is 0 Å². The molecule has 2 rings (SSSR count). The van der Waals surface area contributed by atoms with Gasteiger partial charge in [-0.05, 0) is 46.3 Å². The number of ketones is 1. The van der Waals surface area contributed by atoms with Crippen LogP contribution in [0, 0.1) is 5.82 Å². The Hall–Kier alpha value is -0.610. The summed E-state index contributed by atoms with van der Waals surface area (Å²) >= 11 is 20.5. The molecular weight excluding hydrogens is 377 g/mol. The third-order valence-electron chi connectivity index (χ3n) is 2.46. The van der Waals surface area contributed by atoms with Crippen LogP contribution in [-0.4, -0.2) is 5.78 Å². The summed E-state index contributed by atoms with van der Waals surface area (Å²) in [6.45, 7) is 0. The lowest BCUT2D eigenvalue weighted by Crippen LogP contribution is -2.05. The second kappa shape index (κ2) is 5.80. The molecule has 0 unspecified atom stereocenters. The van der Waals surface area contributed by atoms with E-state index in [1.807, 2.05) is 0 Å². The van der Waals surface area contributed by atoms with E-state index in [0.717, 1.165) is 0 Å². The van der Waals surface area contributed by atoms with Crippen molar-refractivity contribution in [3.63, 3.8) is 0 Å². The molecule has 0 N–H and O–H groups in total. The second-order valence-corrected chi connectivity index (χ2v) is 5.75. The molecule has 0 aliphatic carbocycles. The van der Waals surface area contributed by atoms with Crippen LogP contribution in [0.15, 0.2) is 34.8 Å². The highest BCUT2D eigenvalue weighted by Gasteiger charge is 2.20. The SMILES string of the molecule is O=C(c1ccc(Cl)cc1Cl)c1ccc(Br)c(Cl)c1F. The van der Waals surface area contributed by atoms with Gasteiger partial charge in [0.1, 0.15) is 0 Å². The molecule has 0 aromatic heterocycles. The Balaban J connectivity index is 2.53. The molecule has 6 heteroatoms. The van der Waals surface area contributed by atoms with Gasteiger partial charge >= 0.3 is 0 Å². The van der Waals surface area contributed by atoms with Gasteiger partial charge < -0.3 is 0 Å². The lowest BCUT2D eigenvalue weighted by Gasteiger charge is -2.07. The minimum atomic E-state index is -0.785. The number of benzene rings is 2. The van der Waals surface area contributed by atoms with Crippen molar-refractivity contribution in [3.8, 4) is 0 Å². The van der Waals surface area contributed by atoms with E-state index in [-0.39, 0.29) is 21.2 Å². The fourth-order valence-corrected chi connectivity index (χ4v) is 2.49. The van der Waals surface area contributed by atoms with E-state index in [4.69, 9.17) is 34.8 Å². The second-order valence-electron chi connectivity index (χ2n) is 3.68. The minimum absolute atomic E-state index is 0.141. The molecule has 1 nitrogen and oxygen atoms in total. The highest BCUT2D eigenvalue weighted by molar-refractivity contribution is 9.10. The smallest absolute Gasteiger partial charge is 0.197 e. The Bertz CT molecular complexity index is 673. The third-order valence-corrected chi connectivity index (χ3v) is 4.26. The maximum Gasteiger partial charge on any atom is 0.197 e. The molecule has 2 aromatic carbocycles. The van der Waals surface area contributed by atoms with Crippen molar-refractivity contribution >= 4 is 56.5 Å². The quantitative estimate of drug-likeness (QED) is 0.475. The van der Waals surface area contributed by atoms with Crippen molar-refractivity contribution in [1.82, 2.24) is 0 Å². The van der Waals surface area contributed by atoms with E-state index >= 15 is 0 Å². The lowest BCUT2D eigenvalue weighted by molar-refractivity contribution is 0.103. The summed E-state index contributed by atoms with van der Waals surface area (Å²) in [7, 11) is 0. The third kappa shape index (κ3) is 2.95. The first-order valence-corrected chi connectivity index (χ1v) is 6.97. The highest BCUT2D eigenvalue weighted by atomic mass is 79.9. The molecule has 0 spiro atoms. The first-order valence-electron chi connectivity index (χ1n) is 5.05. The minimum Gasteiger partial charge on any atom is -0.288 e. The van der Waals surface area contributed by atoms with Crippen LogP contribution in [0.2, 0.25) is 15.1 Å². The summed E-state index contributed by atoms with van der Waals surface area (Å²) < 4.78 is 14.3. The number of rotatable bonds is 2. The number of carbonyl (C=O) groups is 1. The summed E-state index contributed by atoms with van der Waals surface area (Å²) in [5, 5.41) is 0.419. The summed E-state index contributed by atoms with van der Waals surface area (Å²) in [5.74, 6) is -1.33. The first kappa shape index (κ1) is 14.8. The van der Waals surface area contributed by atoms with E-state index in [9.17, 15) is 9.18 Å². The van der Waals surface area contributed by atoms with Gasteiger partial charge in [-0.25, -0.2) is 4.39 Å². The van der Waals surface area contributed by atoms with Gasteiger partial charge in [-0.1, -0.05) is 34.8 Å². The Labute approximate surface area is 132 Å². The molecule has 0 amide bonds. The van der Waals surface area contributed by atoms with Crippen LogP contribution in [0.1, 0.15) is 15.9 Å². The van der Waals surface area contributed by atoms with E-state index in [0.29, 0.717) is 9.50 Å². The lowest BCUT2D eigenvalue weighted by atomic mass is 10.0. The molecule has 0 aliphatic rings. The van der Waals surface area contributed by atoms with Crippen molar-refractivity contribution < 1.29 is 9.18 Å². The topological polar surface area (TPSA) is 17.1 Å². The zero-order valence-electron chi connectivity index (χ0n) is 9.18. The Kier molecular flexibility index (Phi) is 4.51. The van der Waals surface area contributed by atoms with Gasteiger partial charge in [-0.2, -0.15) is 0 Å². The molecule has 0 atom stereocenters. The van der Waals surface area contributed by atoms with Crippen molar-refractivity contribution in [1.29, 1.82) is 0 Å². The molecule has 19 heavy (non-hydrogen) atoms. The number of halogens is 5. The van der Waals surface area contributed by atoms with Gasteiger partial charge in [0.2, 0.25) is 0 Å². The normalized spacial score (nSPS) is 10.6. The Morgan fingerprint density at radius 2 is 1.68 bits per heavy atom.